The van der Waals surface area contributed by atoms with Crippen molar-refractivity contribution < 1.29 is 62.9 Å². The van der Waals surface area contributed by atoms with Crippen LogP contribution in [0.5, 0.6) is 11.5 Å². The summed E-state index contributed by atoms with van der Waals surface area (Å²) < 4.78 is 159. The van der Waals surface area contributed by atoms with Crippen molar-refractivity contribution in [1.29, 1.82) is 0 Å². The number of hydrogen-bond acceptors (Lipinski definition) is 4. The molecule has 0 radical (unpaired) electrons. The first kappa shape index (κ1) is 32.9. The van der Waals surface area contributed by atoms with Crippen LogP contribution in [0.2, 0.25) is 0 Å². The molecule has 0 amide bonds. The molecule has 0 spiro atoms. The van der Waals surface area contributed by atoms with E-state index in [-0.39, 0.29) is 54.9 Å². The molecule has 2 aliphatic rings. The van der Waals surface area contributed by atoms with E-state index in [9.17, 15) is 35.1 Å². The fraction of sp³-hybridized carbons (Fsp3) is 0.517. The Kier molecular flexibility index (Phi) is 10.2. The minimum atomic E-state index is -4.79. The summed E-state index contributed by atoms with van der Waals surface area (Å²) in [5, 5.41) is 0. The van der Waals surface area contributed by atoms with Gasteiger partial charge in [0.15, 0.2) is 23.7 Å². The van der Waals surface area contributed by atoms with Gasteiger partial charge in [-0.1, -0.05) is 13.3 Å². The van der Waals surface area contributed by atoms with E-state index in [1.54, 1.807) is 0 Å². The Labute approximate surface area is 240 Å². The van der Waals surface area contributed by atoms with Gasteiger partial charge in [0.25, 0.3) is 6.08 Å². The van der Waals surface area contributed by atoms with Gasteiger partial charge in [0.05, 0.1) is 25.2 Å². The average molecular weight is 631 g/mol. The summed E-state index contributed by atoms with van der Waals surface area (Å²) in [6.07, 6.45) is -12.4. The molecular formula is C29H28F10O4. The number of rotatable bonds is 10. The van der Waals surface area contributed by atoms with Crippen LogP contribution in [0.3, 0.4) is 0 Å². The van der Waals surface area contributed by atoms with Crippen LogP contribution in [-0.4, -0.2) is 25.4 Å². The molecule has 14 heteroatoms. The van der Waals surface area contributed by atoms with Crippen LogP contribution in [0, 0.1) is 35.1 Å². The van der Waals surface area contributed by atoms with Crippen molar-refractivity contribution in [2.24, 2.45) is 11.8 Å². The zero-order valence-electron chi connectivity index (χ0n) is 22.8. The van der Waals surface area contributed by atoms with Gasteiger partial charge in [-0.2, -0.15) is 26.3 Å². The van der Waals surface area contributed by atoms with E-state index in [2.05, 4.69) is 9.47 Å². The first-order chi connectivity index (χ1) is 20.2. The zero-order valence-corrected chi connectivity index (χ0v) is 22.8. The Morgan fingerprint density at radius 1 is 0.837 bits per heavy atom. The van der Waals surface area contributed by atoms with Crippen molar-refractivity contribution in [2.75, 3.05) is 13.2 Å². The second-order valence-electron chi connectivity index (χ2n) is 10.6. The molecule has 2 aromatic rings. The third-order valence-electron chi connectivity index (χ3n) is 7.39. The highest BCUT2D eigenvalue weighted by Crippen LogP contribution is 2.45. The summed E-state index contributed by atoms with van der Waals surface area (Å²) in [7, 11) is 0. The molecule has 4 rings (SSSR count). The van der Waals surface area contributed by atoms with Crippen molar-refractivity contribution in [3.8, 4) is 11.5 Å². The van der Waals surface area contributed by atoms with E-state index in [0.29, 0.717) is 13.2 Å². The van der Waals surface area contributed by atoms with Gasteiger partial charge in [0.2, 0.25) is 0 Å². The maximum Gasteiger partial charge on any atom is 0.425 e. The van der Waals surface area contributed by atoms with Crippen molar-refractivity contribution >= 4 is 0 Å². The molecule has 1 heterocycles. The molecule has 0 bridgehead atoms. The van der Waals surface area contributed by atoms with Crippen molar-refractivity contribution in [3.05, 3.63) is 70.8 Å². The van der Waals surface area contributed by atoms with Crippen LogP contribution in [0.1, 0.15) is 68.8 Å². The second-order valence-corrected chi connectivity index (χ2v) is 10.6. The van der Waals surface area contributed by atoms with Crippen molar-refractivity contribution in [1.82, 2.24) is 0 Å². The molecule has 1 saturated heterocycles. The highest BCUT2D eigenvalue weighted by molar-refractivity contribution is 5.36. The molecule has 1 saturated carbocycles. The minimum absolute atomic E-state index is 0.0604. The maximum atomic E-state index is 15.0. The molecular weight excluding hydrogens is 602 g/mol. The average Bonchev–Trinajstić information content (AvgIpc) is 2.90. The topological polar surface area (TPSA) is 36.9 Å². The lowest BCUT2D eigenvalue weighted by atomic mass is 9.77. The predicted molar refractivity (Wildman–Crippen MR) is 132 cm³/mol. The van der Waals surface area contributed by atoms with Gasteiger partial charge < -0.3 is 18.9 Å². The third kappa shape index (κ3) is 8.14. The van der Waals surface area contributed by atoms with Crippen LogP contribution in [0.15, 0.2) is 36.4 Å². The van der Waals surface area contributed by atoms with Gasteiger partial charge in [-0.3, -0.25) is 0 Å². The van der Waals surface area contributed by atoms with Crippen LogP contribution >= 0.6 is 0 Å². The maximum absolute atomic E-state index is 15.0. The Balaban J connectivity index is 1.38. The molecule has 1 aliphatic carbocycles. The fourth-order valence-electron chi connectivity index (χ4n) is 5.38. The SMILES string of the molecule is CCCC1COC(c2cc(F)c(C3CCC(C(F)(F)Oc4cc(F)c(OC(F)(F)C=C(F)F)c(F)c4)CC3)c(F)c2)OC1. The van der Waals surface area contributed by atoms with E-state index in [1.165, 1.54) is 0 Å². The quantitative estimate of drug-likeness (QED) is 0.245. The number of halogens is 10. The van der Waals surface area contributed by atoms with Crippen molar-refractivity contribution in [3.63, 3.8) is 0 Å². The number of alkyl halides is 4. The molecule has 2 fully saturated rings. The van der Waals surface area contributed by atoms with Gasteiger partial charge in [-0.15, -0.1) is 0 Å². The Morgan fingerprint density at radius 2 is 1.40 bits per heavy atom. The van der Waals surface area contributed by atoms with Crippen LogP contribution in [-0.2, 0) is 9.47 Å². The standard InChI is InChI=1S/C29H28F10O4/c1-2-3-15-13-40-27(41-14-15)17-8-20(30)25(21(31)9-17)16-4-6-18(7-5-16)29(38,39)42-19-10-22(32)26(23(33)11-19)43-28(36,37)12-24(34)35/h8-12,15-16,18,27H,2-7,13-14H2,1H3. The van der Waals surface area contributed by atoms with Gasteiger partial charge in [-0.25, -0.2) is 17.6 Å². The lowest BCUT2D eigenvalue weighted by molar-refractivity contribution is -0.222. The molecule has 4 nitrogen and oxygen atoms in total. The molecule has 0 aromatic heterocycles. The van der Waals surface area contributed by atoms with Crippen molar-refractivity contribution in [2.45, 2.75) is 69.9 Å². The monoisotopic (exact) mass is 630 g/mol. The Hall–Kier alpha value is -3.00. The first-order valence-corrected chi connectivity index (χ1v) is 13.6. The smallest absolute Gasteiger partial charge is 0.425 e. The molecule has 238 valence electrons. The van der Waals surface area contributed by atoms with Crippen LogP contribution in [0.25, 0.3) is 0 Å². The molecule has 0 N–H and O–H groups in total. The van der Waals surface area contributed by atoms with E-state index in [1.807, 2.05) is 6.92 Å². The summed E-state index contributed by atoms with van der Waals surface area (Å²) in [5.74, 6) is -10.5. The van der Waals surface area contributed by atoms with Crippen LogP contribution < -0.4 is 9.47 Å². The van der Waals surface area contributed by atoms with E-state index in [4.69, 9.17) is 9.47 Å². The van der Waals surface area contributed by atoms with Gasteiger partial charge in [0, 0.05) is 29.2 Å². The molecule has 1 aliphatic heterocycles. The Bertz CT molecular complexity index is 1250. The third-order valence-corrected chi connectivity index (χ3v) is 7.39. The summed E-state index contributed by atoms with van der Waals surface area (Å²) in [6.45, 7) is 2.79. The second kappa shape index (κ2) is 13.3. The lowest BCUT2D eigenvalue weighted by Crippen LogP contribution is -2.37. The van der Waals surface area contributed by atoms with Gasteiger partial charge in [-0.05, 0) is 50.2 Å². The van der Waals surface area contributed by atoms with E-state index in [0.717, 1.165) is 25.0 Å². The van der Waals surface area contributed by atoms with Gasteiger partial charge >= 0.3 is 12.2 Å². The Morgan fingerprint density at radius 3 is 1.91 bits per heavy atom. The number of ether oxygens (including phenoxy) is 4. The summed E-state index contributed by atoms with van der Waals surface area (Å²) in [5.41, 5.74) is -0.0990. The predicted octanol–water partition coefficient (Wildman–Crippen LogP) is 9.40. The normalized spacial score (nSPS) is 23.1. The first-order valence-electron chi connectivity index (χ1n) is 13.6. The molecule has 43 heavy (non-hydrogen) atoms. The summed E-state index contributed by atoms with van der Waals surface area (Å²) in [4.78, 5) is 0. The van der Waals surface area contributed by atoms with Crippen LogP contribution in [0.4, 0.5) is 43.9 Å². The van der Waals surface area contributed by atoms with E-state index < -0.39 is 77.3 Å². The molecule has 2 aromatic carbocycles. The zero-order chi connectivity index (χ0) is 31.5. The van der Waals surface area contributed by atoms with E-state index >= 15 is 8.78 Å². The van der Waals surface area contributed by atoms with Gasteiger partial charge in [0.1, 0.15) is 17.4 Å². The molecule has 0 atom stereocenters. The largest absolute Gasteiger partial charge is 0.432 e. The summed E-state index contributed by atoms with van der Waals surface area (Å²) in [6, 6.07) is 2.48. The highest BCUT2D eigenvalue weighted by Gasteiger charge is 2.45. The number of hydrogen-bond donors (Lipinski definition) is 0. The lowest BCUT2D eigenvalue weighted by Gasteiger charge is -2.34. The fourth-order valence-corrected chi connectivity index (χ4v) is 5.38. The summed E-state index contributed by atoms with van der Waals surface area (Å²) >= 11 is 0. The molecule has 0 unspecified atom stereocenters. The highest BCUT2D eigenvalue weighted by atomic mass is 19.3. The number of benzene rings is 2. The minimum Gasteiger partial charge on any atom is -0.432 e.